The van der Waals surface area contributed by atoms with E-state index in [2.05, 4.69) is 10.5 Å². The molecule has 0 atom stereocenters. The third kappa shape index (κ3) is 4.11. The summed E-state index contributed by atoms with van der Waals surface area (Å²) in [7, 11) is 0. The molecule has 150 valence electrons. The predicted molar refractivity (Wildman–Crippen MR) is 113 cm³/mol. The second-order valence-electron chi connectivity index (χ2n) is 6.51. The van der Waals surface area contributed by atoms with E-state index in [9.17, 15) is 9.59 Å². The lowest BCUT2D eigenvalue weighted by Crippen LogP contribution is -2.17. The van der Waals surface area contributed by atoms with Gasteiger partial charge in [0, 0.05) is 33.2 Å². The van der Waals surface area contributed by atoms with E-state index in [1.54, 1.807) is 36.5 Å². The zero-order valence-electron chi connectivity index (χ0n) is 15.6. The molecule has 2 N–H and O–H groups in total. The fraction of sp³-hybridized carbons (Fsp3) is 0.0455. The molecule has 8 heteroatoms. The van der Waals surface area contributed by atoms with Gasteiger partial charge >= 0.3 is 5.97 Å². The Morgan fingerprint density at radius 2 is 1.87 bits per heavy atom. The highest BCUT2D eigenvalue weighted by Crippen LogP contribution is 2.22. The van der Waals surface area contributed by atoms with Crippen LogP contribution < -0.4 is 5.43 Å². The van der Waals surface area contributed by atoms with E-state index in [1.165, 1.54) is 6.07 Å². The molecule has 2 heterocycles. The zero-order chi connectivity index (χ0) is 21.1. The van der Waals surface area contributed by atoms with Gasteiger partial charge in [0.05, 0.1) is 12.8 Å². The van der Waals surface area contributed by atoms with Crippen molar-refractivity contribution in [2.24, 2.45) is 5.10 Å². The number of rotatable bonds is 6. The SMILES string of the molecule is O=C(N/N=C\c1cn(Cc2ccc(C(=O)O)o2)c2ccccc12)c1ccc(Cl)cc1. The summed E-state index contributed by atoms with van der Waals surface area (Å²) in [5.74, 6) is -1.04. The molecule has 7 nitrogen and oxygen atoms in total. The van der Waals surface area contributed by atoms with Crippen LogP contribution in [-0.4, -0.2) is 27.8 Å². The lowest BCUT2D eigenvalue weighted by atomic mass is 10.2. The van der Waals surface area contributed by atoms with Crippen molar-refractivity contribution in [3.63, 3.8) is 0 Å². The smallest absolute Gasteiger partial charge is 0.371 e. The van der Waals surface area contributed by atoms with Crippen LogP contribution in [0.4, 0.5) is 0 Å². The predicted octanol–water partition coefficient (Wildman–Crippen LogP) is 4.40. The Morgan fingerprint density at radius 3 is 2.60 bits per heavy atom. The Balaban J connectivity index is 1.55. The minimum atomic E-state index is -1.11. The van der Waals surface area contributed by atoms with E-state index in [1.807, 2.05) is 35.0 Å². The summed E-state index contributed by atoms with van der Waals surface area (Å²) >= 11 is 5.83. The number of nitrogens with zero attached hydrogens (tertiary/aromatic N) is 2. The maximum atomic E-state index is 12.2. The van der Waals surface area contributed by atoms with Gasteiger partial charge in [0.2, 0.25) is 5.76 Å². The van der Waals surface area contributed by atoms with Gasteiger partial charge in [-0.3, -0.25) is 4.79 Å². The second kappa shape index (κ2) is 8.26. The standard InChI is InChI=1S/C22H16ClN3O4/c23-16-7-5-14(6-8-16)21(27)25-24-11-15-12-26(19-4-2-1-3-18(15)19)13-17-9-10-20(30-17)22(28)29/h1-12H,13H2,(H,25,27)(H,28,29)/b24-11-. The molecule has 30 heavy (non-hydrogen) atoms. The molecule has 0 radical (unpaired) electrons. The highest BCUT2D eigenvalue weighted by atomic mass is 35.5. The topological polar surface area (TPSA) is 96.8 Å². The maximum Gasteiger partial charge on any atom is 0.371 e. The molecule has 1 amide bonds. The summed E-state index contributed by atoms with van der Waals surface area (Å²) in [6, 6.07) is 17.3. The molecule has 0 aliphatic carbocycles. The number of aromatic carboxylic acids is 1. The third-order valence-corrected chi connectivity index (χ3v) is 4.75. The first kappa shape index (κ1) is 19.5. The number of halogens is 1. The van der Waals surface area contributed by atoms with Gasteiger partial charge in [0.25, 0.3) is 5.91 Å². The summed E-state index contributed by atoms with van der Waals surface area (Å²) in [5.41, 5.74) is 4.68. The van der Waals surface area contributed by atoms with Gasteiger partial charge in [-0.25, -0.2) is 10.2 Å². The number of amides is 1. The molecule has 0 saturated heterocycles. The summed E-state index contributed by atoms with van der Waals surface area (Å²) in [4.78, 5) is 23.2. The zero-order valence-corrected chi connectivity index (χ0v) is 16.3. The fourth-order valence-electron chi connectivity index (χ4n) is 3.08. The van der Waals surface area contributed by atoms with Crippen LogP contribution in [0, 0.1) is 0 Å². The Hall–Kier alpha value is -3.84. The lowest BCUT2D eigenvalue weighted by molar-refractivity contribution is 0.0660. The van der Waals surface area contributed by atoms with Gasteiger partial charge in [0.1, 0.15) is 5.76 Å². The third-order valence-electron chi connectivity index (χ3n) is 4.49. The number of hydrogen-bond acceptors (Lipinski definition) is 4. The fourth-order valence-corrected chi connectivity index (χ4v) is 3.21. The number of fused-ring (bicyclic) bond motifs is 1. The number of aromatic nitrogens is 1. The summed E-state index contributed by atoms with van der Waals surface area (Å²) in [6.45, 7) is 0.360. The van der Waals surface area contributed by atoms with E-state index >= 15 is 0 Å². The quantitative estimate of drug-likeness (QED) is 0.356. The van der Waals surface area contributed by atoms with E-state index in [-0.39, 0.29) is 11.7 Å². The van der Waals surface area contributed by atoms with Crippen molar-refractivity contribution >= 4 is 40.6 Å². The number of carboxylic acid groups (broad SMARTS) is 1. The summed E-state index contributed by atoms with van der Waals surface area (Å²) in [6.07, 6.45) is 3.43. The molecule has 0 fully saturated rings. The highest BCUT2D eigenvalue weighted by Gasteiger charge is 2.12. The number of carboxylic acids is 1. The van der Waals surface area contributed by atoms with Crippen molar-refractivity contribution in [3.05, 3.63) is 94.5 Å². The minimum Gasteiger partial charge on any atom is -0.475 e. The van der Waals surface area contributed by atoms with Gasteiger partial charge < -0.3 is 14.1 Å². The van der Waals surface area contributed by atoms with E-state index < -0.39 is 5.97 Å². The normalized spacial score (nSPS) is 11.2. The Morgan fingerprint density at radius 1 is 1.10 bits per heavy atom. The monoisotopic (exact) mass is 421 g/mol. The second-order valence-corrected chi connectivity index (χ2v) is 6.94. The van der Waals surface area contributed by atoms with Crippen LogP contribution in [0.5, 0.6) is 0 Å². The number of nitrogens with one attached hydrogen (secondary N) is 1. The average Bonchev–Trinajstić information content (AvgIpc) is 3.34. The molecule has 0 spiro atoms. The summed E-state index contributed by atoms with van der Waals surface area (Å²) in [5, 5.41) is 14.6. The van der Waals surface area contributed by atoms with E-state index in [0.717, 1.165) is 16.5 Å². The van der Waals surface area contributed by atoms with Crippen molar-refractivity contribution < 1.29 is 19.1 Å². The first-order valence-corrected chi connectivity index (χ1v) is 9.38. The summed E-state index contributed by atoms with van der Waals surface area (Å²) < 4.78 is 7.29. The molecule has 4 aromatic rings. The van der Waals surface area contributed by atoms with Crippen LogP contribution in [0.25, 0.3) is 10.9 Å². The molecule has 0 aliphatic heterocycles. The molecular formula is C22H16ClN3O4. The van der Waals surface area contributed by atoms with Gasteiger partial charge in [0.15, 0.2) is 0 Å². The largest absolute Gasteiger partial charge is 0.475 e. The van der Waals surface area contributed by atoms with Gasteiger partial charge in [-0.05, 0) is 42.5 Å². The van der Waals surface area contributed by atoms with Crippen molar-refractivity contribution in [2.75, 3.05) is 0 Å². The molecule has 2 aromatic heterocycles. The van der Waals surface area contributed by atoms with Crippen LogP contribution in [-0.2, 0) is 6.54 Å². The van der Waals surface area contributed by atoms with Gasteiger partial charge in [-0.1, -0.05) is 29.8 Å². The van der Waals surface area contributed by atoms with Crippen LogP contribution >= 0.6 is 11.6 Å². The maximum absolute atomic E-state index is 12.2. The van der Waals surface area contributed by atoms with Gasteiger partial charge in [-0.15, -0.1) is 0 Å². The first-order chi connectivity index (χ1) is 14.5. The van der Waals surface area contributed by atoms with Crippen molar-refractivity contribution in [1.29, 1.82) is 0 Å². The number of benzene rings is 2. The number of para-hydroxylation sites is 1. The van der Waals surface area contributed by atoms with Crippen LogP contribution in [0.15, 0.2) is 76.4 Å². The van der Waals surface area contributed by atoms with Gasteiger partial charge in [-0.2, -0.15) is 5.10 Å². The minimum absolute atomic E-state index is 0.104. The highest BCUT2D eigenvalue weighted by molar-refractivity contribution is 6.30. The molecule has 2 aromatic carbocycles. The number of carbonyl (C=O) groups is 2. The number of furan rings is 1. The lowest BCUT2D eigenvalue weighted by Gasteiger charge is -2.02. The Kier molecular flexibility index (Phi) is 5.36. The molecule has 4 rings (SSSR count). The molecule has 0 saturated carbocycles. The Bertz CT molecular complexity index is 1260. The molecular weight excluding hydrogens is 406 g/mol. The Labute approximate surface area is 176 Å². The number of hydrazone groups is 1. The van der Waals surface area contributed by atoms with Crippen molar-refractivity contribution in [1.82, 2.24) is 9.99 Å². The number of hydrogen-bond donors (Lipinski definition) is 2. The molecule has 0 bridgehead atoms. The van der Waals surface area contributed by atoms with Crippen molar-refractivity contribution in [2.45, 2.75) is 6.54 Å². The first-order valence-electron chi connectivity index (χ1n) is 9.00. The van der Waals surface area contributed by atoms with E-state index in [4.69, 9.17) is 21.1 Å². The van der Waals surface area contributed by atoms with Crippen LogP contribution in [0.3, 0.4) is 0 Å². The molecule has 0 aliphatic rings. The van der Waals surface area contributed by atoms with Crippen LogP contribution in [0.2, 0.25) is 5.02 Å². The number of carbonyl (C=O) groups excluding carboxylic acids is 1. The average molecular weight is 422 g/mol. The molecule has 0 unspecified atom stereocenters. The van der Waals surface area contributed by atoms with Crippen LogP contribution in [0.1, 0.15) is 32.2 Å². The van der Waals surface area contributed by atoms with Crippen molar-refractivity contribution in [3.8, 4) is 0 Å². The van der Waals surface area contributed by atoms with E-state index in [0.29, 0.717) is 22.9 Å².